The van der Waals surface area contributed by atoms with Crippen molar-refractivity contribution < 1.29 is 14.6 Å². The fourth-order valence-electron chi connectivity index (χ4n) is 3.19. The van der Waals surface area contributed by atoms with E-state index in [9.17, 15) is 9.90 Å². The Hall–Kier alpha value is -1.59. The lowest BCUT2D eigenvalue weighted by Gasteiger charge is -2.36. The standard InChI is InChI=1S/C20H32N2O3/c1-15(21-12-16-7-5-8-17(11-16)14-23)18-9-6-10-22(13-18)19(24)25-20(2,3)4/h5,7-8,11,15,18,21,23H,6,9-10,12-14H2,1-4H3. The van der Waals surface area contributed by atoms with Crippen LogP contribution in [0.2, 0.25) is 0 Å². The molecule has 2 rings (SSSR count). The first kappa shape index (κ1) is 19.7. The summed E-state index contributed by atoms with van der Waals surface area (Å²) in [6.07, 6.45) is 1.92. The van der Waals surface area contributed by atoms with Crippen LogP contribution in [0.3, 0.4) is 0 Å². The topological polar surface area (TPSA) is 61.8 Å². The largest absolute Gasteiger partial charge is 0.444 e. The van der Waals surface area contributed by atoms with Gasteiger partial charge in [0.2, 0.25) is 0 Å². The van der Waals surface area contributed by atoms with Gasteiger partial charge >= 0.3 is 6.09 Å². The van der Waals surface area contributed by atoms with Crippen LogP contribution in [0.25, 0.3) is 0 Å². The minimum Gasteiger partial charge on any atom is -0.444 e. The third-order valence-corrected chi connectivity index (χ3v) is 4.62. The lowest BCUT2D eigenvalue weighted by atomic mass is 9.91. The van der Waals surface area contributed by atoms with Crippen LogP contribution in [-0.2, 0) is 17.9 Å². The molecule has 1 saturated heterocycles. The van der Waals surface area contributed by atoms with Crippen LogP contribution in [0.15, 0.2) is 24.3 Å². The zero-order chi connectivity index (χ0) is 18.4. The highest BCUT2D eigenvalue weighted by molar-refractivity contribution is 5.68. The number of carbonyl (C=O) groups excluding carboxylic acids is 1. The van der Waals surface area contributed by atoms with Gasteiger partial charge in [-0.25, -0.2) is 4.79 Å². The number of aliphatic hydroxyl groups is 1. The van der Waals surface area contributed by atoms with Crippen LogP contribution in [0.1, 0.15) is 51.7 Å². The Balaban J connectivity index is 1.86. The van der Waals surface area contributed by atoms with Crippen molar-refractivity contribution in [3.63, 3.8) is 0 Å². The average molecular weight is 348 g/mol. The lowest BCUT2D eigenvalue weighted by Crippen LogP contribution is -2.47. The van der Waals surface area contributed by atoms with Crippen LogP contribution < -0.4 is 5.32 Å². The maximum absolute atomic E-state index is 12.3. The monoisotopic (exact) mass is 348 g/mol. The molecule has 0 bridgehead atoms. The molecule has 2 unspecified atom stereocenters. The molecule has 2 N–H and O–H groups in total. The van der Waals surface area contributed by atoms with Crippen LogP contribution in [0.5, 0.6) is 0 Å². The minimum atomic E-state index is -0.453. The fraction of sp³-hybridized carbons (Fsp3) is 0.650. The van der Waals surface area contributed by atoms with Crippen molar-refractivity contribution in [2.45, 2.75) is 65.3 Å². The summed E-state index contributed by atoms with van der Waals surface area (Å²) in [6, 6.07) is 8.29. The molecule has 1 aromatic carbocycles. The summed E-state index contributed by atoms with van der Waals surface area (Å²) < 4.78 is 5.50. The van der Waals surface area contributed by atoms with Gasteiger partial charge in [-0.05, 0) is 57.6 Å². The van der Waals surface area contributed by atoms with Gasteiger partial charge in [-0.1, -0.05) is 24.3 Å². The zero-order valence-corrected chi connectivity index (χ0v) is 15.9. The van der Waals surface area contributed by atoms with E-state index in [4.69, 9.17) is 4.74 Å². The third kappa shape index (κ3) is 6.33. The maximum atomic E-state index is 12.3. The van der Waals surface area contributed by atoms with Crippen molar-refractivity contribution >= 4 is 6.09 Å². The number of piperidine rings is 1. The van der Waals surface area contributed by atoms with Gasteiger partial charge < -0.3 is 20.1 Å². The minimum absolute atomic E-state index is 0.0663. The predicted molar refractivity (Wildman–Crippen MR) is 99.2 cm³/mol. The summed E-state index contributed by atoms with van der Waals surface area (Å²) in [4.78, 5) is 14.1. The Kier molecular flexibility index (Phi) is 6.85. The van der Waals surface area contributed by atoms with Gasteiger partial charge in [0.15, 0.2) is 0 Å². The van der Waals surface area contributed by atoms with Gasteiger partial charge in [0.1, 0.15) is 5.60 Å². The Morgan fingerprint density at radius 2 is 2.12 bits per heavy atom. The number of carbonyl (C=O) groups is 1. The molecule has 1 aliphatic rings. The number of likely N-dealkylation sites (tertiary alicyclic amines) is 1. The number of nitrogens with one attached hydrogen (secondary N) is 1. The second kappa shape index (κ2) is 8.68. The normalized spacial score (nSPS) is 19.6. The first-order valence-corrected chi connectivity index (χ1v) is 9.18. The first-order valence-electron chi connectivity index (χ1n) is 9.18. The Labute approximate surface area is 151 Å². The molecule has 1 amide bonds. The second-order valence-corrected chi connectivity index (χ2v) is 7.98. The SMILES string of the molecule is CC(NCc1cccc(CO)c1)C1CCCN(C(=O)OC(C)(C)C)C1. The van der Waals surface area contributed by atoms with Gasteiger partial charge in [0, 0.05) is 25.7 Å². The maximum Gasteiger partial charge on any atom is 0.410 e. The quantitative estimate of drug-likeness (QED) is 0.857. The number of benzene rings is 1. The van der Waals surface area contributed by atoms with E-state index < -0.39 is 5.60 Å². The molecule has 1 aromatic rings. The summed E-state index contributed by atoms with van der Waals surface area (Å²) in [6.45, 7) is 10.2. The van der Waals surface area contributed by atoms with E-state index in [0.29, 0.717) is 12.0 Å². The summed E-state index contributed by atoms with van der Waals surface area (Å²) in [7, 11) is 0. The highest BCUT2D eigenvalue weighted by atomic mass is 16.6. The molecule has 0 saturated carbocycles. The molecule has 1 fully saturated rings. The average Bonchev–Trinajstić information content (AvgIpc) is 2.58. The number of rotatable bonds is 5. The number of hydrogen-bond donors (Lipinski definition) is 2. The molecule has 0 aliphatic carbocycles. The van der Waals surface area contributed by atoms with E-state index in [1.54, 1.807) is 0 Å². The predicted octanol–water partition coefficient (Wildman–Crippen LogP) is 3.30. The van der Waals surface area contributed by atoms with Gasteiger partial charge in [0.25, 0.3) is 0 Å². The molecule has 0 radical (unpaired) electrons. The summed E-state index contributed by atoms with van der Waals surface area (Å²) in [5, 5.41) is 12.8. The summed E-state index contributed by atoms with van der Waals surface area (Å²) >= 11 is 0. The van der Waals surface area contributed by atoms with Crippen molar-refractivity contribution in [3.8, 4) is 0 Å². The molecule has 1 heterocycles. The number of nitrogens with zero attached hydrogens (tertiary/aromatic N) is 1. The van der Waals surface area contributed by atoms with E-state index in [1.807, 2.05) is 43.9 Å². The number of hydrogen-bond acceptors (Lipinski definition) is 4. The van der Waals surface area contributed by atoms with Crippen LogP contribution in [-0.4, -0.2) is 40.8 Å². The van der Waals surface area contributed by atoms with E-state index >= 15 is 0 Å². The van der Waals surface area contributed by atoms with E-state index in [1.165, 1.54) is 5.56 Å². The van der Waals surface area contributed by atoms with Crippen molar-refractivity contribution in [1.82, 2.24) is 10.2 Å². The molecule has 0 spiro atoms. The molecule has 2 atom stereocenters. The molecule has 140 valence electrons. The molecule has 0 aromatic heterocycles. The van der Waals surface area contributed by atoms with Crippen LogP contribution in [0.4, 0.5) is 4.79 Å². The Morgan fingerprint density at radius 1 is 1.40 bits per heavy atom. The molecule has 1 aliphatic heterocycles. The fourth-order valence-corrected chi connectivity index (χ4v) is 3.19. The Bertz CT molecular complexity index is 568. The molecular formula is C20H32N2O3. The van der Waals surface area contributed by atoms with Crippen molar-refractivity contribution in [1.29, 1.82) is 0 Å². The smallest absolute Gasteiger partial charge is 0.410 e. The molecule has 25 heavy (non-hydrogen) atoms. The van der Waals surface area contributed by atoms with Gasteiger partial charge in [-0.2, -0.15) is 0 Å². The first-order chi connectivity index (χ1) is 11.8. The van der Waals surface area contributed by atoms with Crippen molar-refractivity contribution in [3.05, 3.63) is 35.4 Å². The van der Waals surface area contributed by atoms with Crippen molar-refractivity contribution in [2.24, 2.45) is 5.92 Å². The van der Waals surface area contributed by atoms with Gasteiger partial charge in [-0.15, -0.1) is 0 Å². The number of amides is 1. The lowest BCUT2D eigenvalue weighted by molar-refractivity contribution is 0.0148. The van der Waals surface area contributed by atoms with Crippen LogP contribution >= 0.6 is 0 Å². The highest BCUT2D eigenvalue weighted by Crippen LogP contribution is 2.22. The summed E-state index contributed by atoms with van der Waals surface area (Å²) in [5.41, 5.74) is 1.64. The van der Waals surface area contributed by atoms with E-state index in [-0.39, 0.29) is 12.7 Å². The summed E-state index contributed by atoms with van der Waals surface area (Å²) in [5.74, 6) is 0.419. The van der Waals surface area contributed by atoms with E-state index in [0.717, 1.165) is 38.0 Å². The number of ether oxygens (including phenoxy) is 1. The van der Waals surface area contributed by atoms with Crippen LogP contribution in [0, 0.1) is 5.92 Å². The molecule has 5 nitrogen and oxygen atoms in total. The number of aliphatic hydroxyl groups excluding tert-OH is 1. The van der Waals surface area contributed by atoms with Gasteiger partial charge in [-0.3, -0.25) is 0 Å². The highest BCUT2D eigenvalue weighted by Gasteiger charge is 2.29. The molecule has 5 heteroatoms. The third-order valence-electron chi connectivity index (χ3n) is 4.62. The second-order valence-electron chi connectivity index (χ2n) is 7.98. The zero-order valence-electron chi connectivity index (χ0n) is 15.9. The van der Waals surface area contributed by atoms with Gasteiger partial charge in [0.05, 0.1) is 6.61 Å². The van der Waals surface area contributed by atoms with E-state index in [2.05, 4.69) is 18.3 Å². The van der Waals surface area contributed by atoms with Crippen molar-refractivity contribution in [2.75, 3.05) is 13.1 Å². The molecular weight excluding hydrogens is 316 g/mol. The Morgan fingerprint density at radius 3 is 2.80 bits per heavy atom.